The van der Waals surface area contributed by atoms with Crippen LogP contribution in [0.3, 0.4) is 0 Å². The molecular weight excluding hydrogens is 505 g/mol. The van der Waals surface area contributed by atoms with Gasteiger partial charge in [-0.05, 0) is 48.9 Å². The molecule has 0 radical (unpaired) electrons. The zero-order valence-electron chi connectivity index (χ0n) is 20.8. The summed E-state index contributed by atoms with van der Waals surface area (Å²) in [5.41, 5.74) is 2.29. The third kappa shape index (κ3) is 4.37. The highest BCUT2D eigenvalue weighted by atomic mass is 35.5. The van der Waals surface area contributed by atoms with Crippen molar-refractivity contribution in [2.75, 3.05) is 24.5 Å². The summed E-state index contributed by atoms with van der Waals surface area (Å²) < 4.78 is 16.4. The molecule has 1 saturated heterocycles. The van der Waals surface area contributed by atoms with Crippen LogP contribution in [0.25, 0.3) is 11.0 Å². The number of nitrogens with zero attached hydrogens (tertiary/aromatic N) is 7. The number of pyridine rings is 3. The van der Waals surface area contributed by atoms with Crippen LogP contribution in [0.15, 0.2) is 59.5 Å². The molecule has 4 heterocycles. The van der Waals surface area contributed by atoms with Gasteiger partial charge in [0.05, 0.1) is 22.9 Å². The first-order valence-electron chi connectivity index (χ1n) is 12.0. The van der Waals surface area contributed by atoms with Gasteiger partial charge in [-0.15, -0.1) is 0 Å². The van der Waals surface area contributed by atoms with Crippen LogP contribution in [-0.4, -0.2) is 45.1 Å². The molecule has 1 unspecified atom stereocenters. The van der Waals surface area contributed by atoms with E-state index in [0.717, 1.165) is 5.56 Å². The first-order valence-corrected chi connectivity index (χ1v) is 12.4. The first kappa shape index (κ1) is 25.3. The van der Waals surface area contributed by atoms with Crippen molar-refractivity contribution in [1.29, 1.82) is 10.5 Å². The van der Waals surface area contributed by atoms with Crippen molar-refractivity contribution in [2.45, 2.75) is 19.0 Å². The van der Waals surface area contributed by atoms with E-state index in [9.17, 15) is 15.3 Å². The van der Waals surface area contributed by atoms with Gasteiger partial charge >= 0.3 is 0 Å². The van der Waals surface area contributed by atoms with Gasteiger partial charge in [-0.1, -0.05) is 23.7 Å². The molecule has 1 aliphatic rings. The van der Waals surface area contributed by atoms with Crippen molar-refractivity contribution < 1.29 is 4.39 Å². The van der Waals surface area contributed by atoms with Crippen LogP contribution in [-0.2, 0) is 7.05 Å². The lowest BCUT2D eigenvalue weighted by atomic mass is 9.97. The Labute approximate surface area is 223 Å². The van der Waals surface area contributed by atoms with E-state index in [1.54, 1.807) is 43.6 Å². The molecule has 2 atom stereocenters. The minimum absolute atomic E-state index is 0.0201. The van der Waals surface area contributed by atoms with Crippen molar-refractivity contribution in [1.82, 2.24) is 19.4 Å². The van der Waals surface area contributed by atoms with Crippen molar-refractivity contribution in [2.24, 2.45) is 7.05 Å². The molecule has 1 fully saturated rings. The van der Waals surface area contributed by atoms with E-state index >= 15 is 4.39 Å². The second-order valence-electron chi connectivity index (χ2n) is 9.23. The number of benzene rings is 1. The van der Waals surface area contributed by atoms with Crippen molar-refractivity contribution >= 4 is 28.3 Å². The predicted molar refractivity (Wildman–Crippen MR) is 142 cm³/mol. The lowest BCUT2D eigenvalue weighted by molar-refractivity contribution is 0.145. The predicted octanol–water partition coefficient (Wildman–Crippen LogP) is 4.16. The molecule has 0 spiro atoms. The van der Waals surface area contributed by atoms with E-state index in [4.69, 9.17) is 11.6 Å². The molecule has 0 saturated carbocycles. The van der Waals surface area contributed by atoms with Crippen LogP contribution in [0.1, 0.15) is 35.5 Å². The number of aromatic nitrogens is 3. The molecule has 8 nitrogen and oxygen atoms in total. The quantitative estimate of drug-likeness (QED) is 0.392. The Morgan fingerprint density at radius 1 is 1.11 bits per heavy atom. The van der Waals surface area contributed by atoms with Gasteiger partial charge in [0.25, 0.3) is 5.56 Å². The van der Waals surface area contributed by atoms with Crippen molar-refractivity contribution in [3.8, 4) is 12.1 Å². The molecule has 3 aromatic heterocycles. The smallest absolute Gasteiger partial charge is 0.270 e. The monoisotopic (exact) mass is 527 g/mol. The maximum Gasteiger partial charge on any atom is 0.270 e. The fourth-order valence-corrected chi connectivity index (χ4v) is 5.30. The largest absolute Gasteiger partial charge is 0.366 e. The Kier molecular flexibility index (Phi) is 6.81. The summed E-state index contributed by atoms with van der Waals surface area (Å²) in [5, 5.41) is 20.0. The van der Waals surface area contributed by atoms with Gasteiger partial charge in [0.15, 0.2) is 0 Å². The van der Waals surface area contributed by atoms with Crippen LogP contribution in [0.2, 0.25) is 5.02 Å². The maximum atomic E-state index is 15.0. The van der Waals surface area contributed by atoms with Crippen LogP contribution < -0.4 is 10.5 Å². The van der Waals surface area contributed by atoms with Gasteiger partial charge in [-0.3, -0.25) is 14.7 Å². The molecule has 0 bridgehead atoms. The highest BCUT2D eigenvalue weighted by molar-refractivity contribution is 6.30. The standard InChI is InChI=1S/C28H23ClFN7O/c1-17-16-36(27-21(15-32)28(38)35(2)23-10-9-20(14-31)34-25(23)27)12-13-37(17)26(18-5-7-19(29)8-6-18)24-22(30)4-3-11-33-24/h3-11,17,26H,12-13,16H2,1-2H3/t17-,26?/m1/s1. The lowest BCUT2D eigenvalue weighted by Crippen LogP contribution is -2.54. The van der Waals surface area contributed by atoms with Crippen LogP contribution in [0, 0.1) is 28.5 Å². The molecule has 0 amide bonds. The zero-order chi connectivity index (χ0) is 27.0. The Hall–Kier alpha value is -4.31. The molecule has 0 aliphatic carbocycles. The summed E-state index contributed by atoms with van der Waals surface area (Å²) in [7, 11) is 1.59. The van der Waals surface area contributed by atoms with E-state index in [1.807, 2.05) is 30.0 Å². The summed E-state index contributed by atoms with van der Waals surface area (Å²) in [5.74, 6) is -0.403. The third-order valence-electron chi connectivity index (χ3n) is 7.00. The molecular formula is C28H23ClFN7O. The molecule has 1 aromatic carbocycles. The summed E-state index contributed by atoms with van der Waals surface area (Å²) >= 11 is 6.13. The number of halogens is 2. The number of hydrogen-bond acceptors (Lipinski definition) is 7. The van der Waals surface area contributed by atoms with Crippen LogP contribution in [0.5, 0.6) is 0 Å². The van der Waals surface area contributed by atoms with Crippen LogP contribution in [0.4, 0.5) is 10.1 Å². The minimum Gasteiger partial charge on any atom is -0.366 e. The SMILES string of the molecule is C[C@@H]1CN(c2c(C#N)c(=O)n(C)c3ccc(C#N)nc23)CCN1C(c1ccc(Cl)cc1)c1ncccc1F. The molecule has 190 valence electrons. The Morgan fingerprint density at radius 3 is 2.53 bits per heavy atom. The van der Waals surface area contributed by atoms with E-state index in [-0.39, 0.29) is 17.3 Å². The third-order valence-corrected chi connectivity index (χ3v) is 7.25. The second-order valence-corrected chi connectivity index (χ2v) is 9.67. The average Bonchev–Trinajstić information content (AvgIpc) is 2.93. The number of hydrogen-bond donors (Lipinski definition) is 0. The van der Waals surface area contributed by atoms with Gasteiger partial charge < -0.3 is 9.47 Å². The number of nitriles is 2. The fourth-order valence-electron chi connectivity index (χ4n) is 5.17. The fraction of sp³-hybridized carbons (Fsp3) is 0.250. The summed E-state index contributed by atoms with van der Waals surface area (Å²) in [4.78, 5) is 26.1. The van der Waals surface area contributed by atoms with Gasteiger partial charge in [-0.2, -0.15) is 10.5 Å². The average molecular weight is 528 g/mol. The Morgan fingerprint density at radius 2 is 1.87 bits per heavy atom. The van der Waals surface area contributed by atoms with E-state index in [1.165, 1.54) is 10.6 Å². The molecule has 1 aliphatic heterocycles. The molecule has 5 rings (SSSR count). The van der Waals surface area contributed by atoms with Gasteiger partial charge in [0.2, 0.25) is 0 Å². The Bertz CT molecular complexity index is 1670. The number of piperazine rings is 1. The molecule has 4 aromatic rings. The molecule has 38 heavy (non-hydrogen) atoms. The molecule has 10 heteroatoms. The summed E-state index contributed by atoms with van der Waals surface area (Å²) in [6, 6.07) is 17.0. The van der Waals surface area contributed by atoms with Crippen LogP contribution >= 0.6 is 11.6 Å². The van der Waals surface area contributed by atoms with Crippen molar-refractivity contribution in [3.63, 3.8) is 0 Å². The first-order chi connectivity index (χ1) is 18.3. The summed E-state index contributed by atoms with van der Waals surface area (Å²) in [6.07, 6.45) is 1.58. The van der Waals surface area contributed by atoms with Gasteiger partial charge in [0.1, 0.15) is 34.7 Å². The molecule has 0 N–H and O–H groups in total. The maximum absolute atomic E-state index is 15.0. The number of fused-ring (bicyclic) bond motifs is 1. The van der Waals surface area contributed by atoms with Gasteiger partial charge in [-0.25, -0.2) is 9.37 Å². The van der Waals surface area contributed by atoms with Crippen molar-refractivity contribution in [3.05, 3.63) is 98.4 Å². The minimum atomic E-state index is -0.468. The highest BCUT2D eigenvalue weighted by Gasteiger charge is 2.35. The zero-order valence-corrected chi connectivity index (χ0v) is 21.5. The second kappa shape index (κ2) is 10.2. The van der Waals surface area contributed by atoms with E-state index in [2.05, 4.69) is 20.9 Å². The highest BCUT2D eigenvalue weighted by Crippen LogP contribution is 2.35. The van der Waals surface area contributed by atoms with E-state index in [0.29, 0.717) is 47.1 Å². The number of aryl methyl sites for hydroxylation is 1. The number of anilines is 1. The Balaban J connectivity index is 1.58. The lowest BCUT2D eigenvalue weighted by Gasteiger charge is -2.45. The summed E-state index contributed by atoms with van der Waals surface area (Å²) in [6.45, 7) is 3.38. The normalized spacial score (nSPS) is 16.7. The topological polar surface area (TPSA) is 102 Å². The number of rotatable bonds is 4. The van der Waals surface area contributed by atoms with E-state index < -0.39 is 17.4 Å². The van der Waals surface area contributed by atoms with Gasteiger partial charge in [0, 0.05) is 43.9 Å².